The first kappa shape index (κ1) is 59.7. The second-order valence-electron chi connectivity index (χ2n) is 14.8. The molecule has 24 heteroatoms. The fourth-order valence-electron chi connectivity index (χ4n) is 6.14. The Morgan fingerprint density at radius 1 is 0.508 bits per heavy atom. The molecular formula is C41H40AuF18NO2PSb-. The van der Waals surface area contributed by atoms with E-state index in [2.05, 4.69) is 0 Å². The number of nitriles is 1. The molecule has 0 spiro atoms. The van der Waals surface area contributed by atoms with Gasteiger partial charge in [0.2, 0.25) is 0 Å². The number of hydrogen-bond donors (Lipinski definition) is 0. The molecule has 0 N–H and O–H groups in total. The van der Waals surface area contributed by atoms with Crippen molar-refractivity contribution in [2.24, 2.45) is 0 Å². The van der Waals surface area contributed by atoms with Gasteiger partial charge in [-0.1, -0.05) is 53.7 Å². The molecule has 4 aromatic rings. The summed E-state index contributed by atoms with van der Waals surface area (Å²) in [6, 6.07) is 9.15. The van der Waals surface area contributed by atoms with Gasteiger partial charge in [-0.15, -0.1) is 0 Å². The summed E-state index contributed by atoms with van der Waals surface area (Å²) in [4.78, 5) is 0. The Hall–Kier alpha value is -3.30. The number of ether oxygens (including phenoxy) is 2. The van der Waals surface area contributed by atoms with Crippen molar-refractivity contribution in [3.05, 3.63) is 99.6 Å². The van der Waals surface area contributed by atoms with Gasteiger partial charge in [-0.3, -0.25) is 0 Å². The standard InChI is InChI=1S/C39H37F12O2P.C2H3N.Au.6FH.Sb/c1-19(2)22-11-29(20(3)4)33(30(12-22)21(5)6)34-31(52-7)9-10-32(53-8)35(34)54(27-15-23(36(40,41)42)13-24(16-27)37(43,44)45)28-17-25(38(46,47)48)14-26(18-28)39(49,50)51;1-2-3;;;;;;;;/h9-21H,1-8H3;1H3;;6*1H;/q;;;;;;;;;+5/p-6. The Bertz CT molecular complexity index is 2150. The normalized spacial score (nSPS) is 13.5. The van der Waals surface area contributed by atoms with Crippen molar-refractivity contribution < 1.29 is 101 Å². The van der Waals surface area contributed by atoms with Gasteiger partial charge in [0, 0.05) is 40.2 Å². The predicted octanol–water partition coefficient (Wildman–Crippen LogP) is 15.2. The quantitative estimate of drug-likeness (QED) is 0.0953. The van der Waals surface area contributed by atoms with E-state index < -0.39 is 85.0 Å². The van der Waals surface area contributed by atoms with E-state index in [0.717, 1.165) is 12.7 Å². The molecule has 0 unspecified atom stereocenters. The molecule has 369 valence electrons. The minimum absolute atomic E-state index is 0. The third kappa shape index (κ3) is 17.4. The first-order valence-electron chi connectivity index (χ1n) is 18.3. The molecule has 0 aliphatic heterocycles. The third-order valence-corrected chi connectivity index (χ3v) is 11.3. The van der Waals surface area contributed by atoms with Crippen LogP contribution in [0.5, 0.6) is 11.5 Å². The van der Waals surface area contributed by atoms with Gasteiger partial charge < -0.3 is 9.47 Å². The molecule has 4 rings (SSSR count). The van der Waals surface area contributed by atoms with Crippen LogP contribution in [-0.4, -0.2) is 33.7 Å². The topological polar surface area (TPSA) is 42.2 Å². The Balaban J connectivity index is 0.00000173. The van der Waals surface area contributed by atoms with E-state index in [1.54, 1.807) is 6.07 Å². The summed E-state index contributed by atoms with van der Waals surface area (Å²) in [7, 11) is -0.820. The second kappa shape index (κ2) is 20.5. The van der Waals surface area contributed by atoms with E-state index >= 15 is 0 Å². The summed E-state index contributed by atoms with van der Waals surface area (Å²) in [6.45, 7) is 12.7. The van der Waals surface area contributed by atoms with Gasteiger partial charge >= 0.3 is 61.1 Å². The van der Waals surface area contributed by atoms with Crippen molar-refractivity contribution in [1.29, 1.82) is 5.26 Å². The average Bonchev–Trinajstić information content (AvgIpc) is 3.11. The van der Waals surface area contributed by atoms with Crippen LogP contribution in [0.1, 0.15) is 105 Å². The van der Waals surface area contributed by atoms with E-state index in [1.165, 1.54) is 26.2 Å². The number of benzene rings is 4. The maximum absolute atomic E-state index is 14.3. The Morgan fingerprint density at radius 3 is 1.02 bits per heavy atom. The maximum atomic E-state index is 14.3. The monoisotopic (exact) mass is 1270 g/mol. The zero-order valence-electron chi connectivity index (χ0n) is 35.3. The van der Waals surface area contributed by atoms with Crippen LogP contribution >= 0.6 is 7.92 Å². The molecule has 0 aliphatic rings. The number of nitrogens with zero attached hydrogens (tertiary/aromatic N) is 1. The van der Waals surface area contributed by atoms with Crippen molar-refractivity contribution in [3.8, 4) is 28.7 Å². The van der Waals surface area contributed by atoms with Crippen molar-refractivity contribution in [3.63, 3.8) is 0 Å². The molecule has 0 aliphatic carbocycles. The Labute approximate surface area is 381 Å². The molecule has 0 aromatic heterocycles. The predicted molar refractivity (Wildman–Crippen MR) is 210 cm³/mol. The van der Waals surface area contributed by atoms with Gasteiger partial charge in [0.05, 0.1) is 42.5 Å². The average molecular weight is 1270 g/mol. The molecular weight excluding hydrogens is 1230 g/mol. The molecule has 0 amide bonds. The van der Waals surface area contributed by atoms with E-state index in [4.69, 9.17) is 14.7 Å². The SMILES string of the molecule is CC#N.COc1ccc(OC)c(P(c2cc(C(F)(F)F)cc(C(F)(F)F)c2)c2cc(C(F)(F)F)cc(C(F)(F)F)c2)c1-c1c(C(C)C)cc(C(C)C)cc1C(C)C.[Au].[F][Sb-]([F])([F])([F])([F])[F]. The van der Waals surface area contributed by atoms with Gasteiger partial charge in [-0.2, -0.15) is 57.9 Å². The molecule has 0 heterocycles. The second-order valence-corrected chi connectivity index (χ2v) is 22.4. The molecule has 0 fully saturated rings. The Kier molecular flexibility index (Phi) is 18.8. The zero-order valence-corrected chi connectivity index (χ0v) is 40.9. The van der Waals surface area contributed by atoms with E-state index in [9.17, 15) is 69.6 Å². The van der Waals surface area contributed by atoms with Crippen molar-refractivity contribution in [1.82, 2.24) is 0 Å². The number of methoxy groups -OCH3 is 2. The van der Waals surface area contributed by atoms with Crippen LogP contribution in [0, 0.1) is 11.3 Å². The molecule has 0 atom stereocenters. The minimum atomic E-state index is -11.2. The molecule has 0 saturated carbocycles. The van der Waals surface area contributed by atoms with E-state index in [0.29, 0.717) is 41.0 Å². The number of alkyl halides is 12. The third-order valence-electron chi connectivity index (χ3n) is 8.81. The van der Waals surface area contributed by atoms with Gasteiger partial charge in [0.25, 0.3) is 0 Å². The molecule has 0 bridgehead atoms. The van der Waals surface area contributed by atoms with Gasteiger partial charge in [0.15, 0.2) is 0 Å². The fraction of sp³-hybridized carbons (Fsp3) is 0.390. The van der Waals surface area contributed by atoms with Crippen molar-refractivity contribution >= 4 is 43.3 Å². The fourth-order valence-corrected chi connectivity index (χ4v) is 8.86. The van der Waals surface area contributed by atoms with E-state index in [1.807, 2.05) is 53.7 Å². The van der Waals surface area contributed by atoms with Gasteiger partial charge in [-0.05, 0) is 107 Å². The van der Waals surface area contributed by atoms with Crippen LogP contribution in [0.2, 0.25) is 0 Å². The number of rotatable bonds is 9. The summed E-state index contributed by atoms with van der Waals surface area (Å²) in [6.07, 6.45) is -21.6. The first-order valence-corrected chi connectivity index (χ1v) is 25.4. The molecule has 65 heavy (non-hydrogen) atoms. The molecule has 4 aromatic carbocycles. The summed E-state index contributed by atoms with van der Waals surface area (Å²) in [5, 5.41) is 5.42. The van der Waals surface area contributed by atoms with Crippen LogP contribution in [0.3, 0.4) is 0 Å². The van der Waals surface area contributed by atoms with Crippen molar-refractivity contribution in [2.75, 3.05) is 14.2 Å². The van der Waals surface area contributed by atoms with Crippen LogP contribution < -0.4 is 25.4 Å². The van der Waals surface area contributed by atoms with Crippen LogP contribution in [0.25, 0.3) is 11.1 Å². The number of hydrogen-bond acceptors (Lipinski definition) is 3. The summed E-state index contributed by atoms with van der Waals surface area (Å²) in [5.74, 6) is -0.796. The zero-order chi connectivity index (χ0) is 50.0. The van der Waals surface area contributed by atoms with E-state index in [-0.39, 0.29) is 74.6 Å². The van der Waals surface area contributed by atoms with Gasteiger partial charge in [0.1, 0.15) is 11.5 Å². The summed E-state index contributed by atoms with van der Waals surface area (Å²) >= 11 is -11.2. The van der Waals surface area contributed by atoms with Crippen LogP contribution in [-0.2, 0) is 47.1 Å². The number of halogens is 18. The Morgan fingerprint density at radius 2 is 0.785 bits per heavy atom. The summed E-state index contributed by atoms with van der Waals surface area (Å²) in [5.41, 5.74) is -4.60. The van der Waals surface area contributed by atoms with Gasteiger partial charge in [-0.25, -0.2) is 0 Å². The first-order chi connectivity index (χ1) is 28.6. The van der Waals surface area contributed by atoms with Crippen LogP contribution in [0.4, 0.5) is 69.6 Å². The molecule has 0 saturated heterocycles. The van der Waals surface area contributed by atoms with Crippen molar-refractivity contribution in [2.45, 2.75) is 90.9 Å². The summed E-state index contributed by atoms with van der Waals surface area (Å²) < 4.78 is 243. The molecule has 1 radical (unpaired) electrons. The van der Waals surface area contributed by atoms with Crippen LogP contribution in [0.15, 0.2) is 60.7 Å². The molecule has 3 nitrogen and oxygen atoms in total.